The number of thiophene rings is 1. The van der Waals surface area contributed by atoms with Gasteiger partial charge in [0.25, 0.3) is 0 Å². The Kier molecular flexibility index (Phi) is 4.12. The van der Waals surface area contributed by atoms with Crippen LogP contribution in [0.4, 0.5) is 5.69 Å². The minimum Gasteiger partial charge on any atom is -0.497 e. The van der Waals surface area contributed by atoms with Crippen molar-refractivity contribution in [2.45, 2.75) is 19.4 Å². The number of rotatable bonds is 2. The van der Waals surface area contributed by atoms with E-state index in [1.54, 1.807) is 7.11 Å². The van der Waals surface area contributed by atoms with Crippen LogP contribution in [0.2, 0.25) is 0 Å². The zero-order chi connectivity index (χ0) is 14.8. The van der Waals surface area contributed by atoms with Crippen molar-refractivity contribution in [1.82, 2.24) is 4.90 Å². The molecule has 1 aliphatic heterocycles. The van der Waals surface area contributed by atoms with Crippen molar-refractivity contribution in [3.05, 3.63) is 46.2 Å². The third kappa shape index (κ3) is 2.89. The Morgan fingerprint density at radius 3 is 2.81 bits per heavy atom. The molecule has 0 bridgehead atoms. The van der Waals surface area contributed by atoms with E-state index in [9.17, 15) is 0 Å². The summed E-state index contributed by atoms with van der Waals surface area (Å²) in [4.78, 5) is 3.75. The van der Waals surface area contributed by atoms with Gasteiger partial charge in [-0.25, -0.2) is 0 Å². The van der Waals surface area contributed by atoms with Crippen LogP contribution in [0.5, 0.6) is 5.75 Å². The first-order chi connectivity index (χ1) is 10.2. The highest BCUT2D eigenvalue weighted by molar-refractivity contribution is 7.80. The molecule has 0 radical (unpaired) electrons. The number of ether oxygens (including phenoxy) is 1. The van der Waals surface area contributed by atoms with Gasteiger partial charge in [-0.05, 0) is 66.8 Å². The average Bonchev–Trinajstić information content (AvgIpc) is 2.98. The summed E-state index contributed by atoms with van der Waals surface area (Å²) in [5.41, 5.74) is 2.40. The molecule has 0 saturated heterocycles. The number of hydrogen-bond acceptors (Lipinski definition) is 3. The highest BCUT2D eigenvalue weighted by atomic mass is 32.1. The summed E-state index contributed by atoms with van der Waals surface area (Å²) in [6.45, 7) is 3.18. The van der Waals surface area contributed by atoms with Gasteiger partial charge < -0.3 is 15.0 Å². The van der Waals surface area contributed by atoms with Crippen LogP contribution in [0, 0.1) is 0 Å². The molecule has 3 nitrogen and oxygen atoms in total. The summed E-state index contributed by atoms with van der Waals surface area (Å²) in [6.07, 6.45) is 1.07. The molecule has 0 amide bonds. The summed E-state index contributed by atoms with van der Waals surface area (Å²) in [7, 11) is 1.67. The second-order valence-electron chi connectivity index (χ2n) is 5.08. The Morgan fingerprint density at radius 1 is 1.33 bits per heavy atom. The van der Waals surface area contributed by atoms with Crippen molar-refractivity contribution < 1.29 is 4.74 Å². The van der Waals surface area contributed by atoms with Crippen LogP contribution in [-0.4, -0.2) is 23.7 Å². The lowest BCUT2D eigenvalue weighted by molar-refractivity contribution is 0.326. The Bertz CT molecular complexity index is 636. The third-order valence-electron chi connectivity index (χ3n) is 3.88. The van der Waals surface area contributed by atoms with Crippen LogP contribution in [0.15, 0.2) is 35.7 Å². The summed E-state index contributed by atoms with van der Waals surface area (Å²) in [5, 5.41) is 6.27. The predicted octanol–water partition coefficient (Wildman–Crippen LogP) is 4.07. The van der Waals surface area contributed by atoms with Gasteiger partial charge in [-0.2, -0.15) is 0 Å². The van der Waals surface area contributed by atoms with E-state index in [1.165, 1.54) is 10.4 Å². The summed E-state index contributed by atoms with van der Waals surface area (Å²) < 4.78 is 5.17. The molecule has 1 N–H and O–H groups in total. The Hall–Kier alpha value is -1.59. The molecule has 0 unspecified atom stereocenters. The standard InChI is InChI=1S/C16H18N2OS2/c1-11-14-8-10-21-15(14)7-9-18(11)16(20)17-12-3-5-13(19-2)6-4-12/h3-6,8,10-11H,7,9H2,1-2H3,(H,17,20)/t11-/m0/s1. The van der Waals surface area contributed by atoms with Gasteiger partial charge in [0, 0.05) is 17.1 Å². The number of thiocarbonyl (C=S) groups is 1. The minimum atomic E-state index is 0.332. The Balaban J connectivity index is 1.71. The van der Waals surface area contributed by atoms with Crippen LogP contribution in [0.1, 0.15) is 23.4 Å². The molecule has 0 aliphatic carbocycles. The van der Waals surface area contributed by atoms with Crippen LogP contribution in [0.3, 0.4) is 0 Å². The molecule has 1 aliphatic rings. The maximum atomic E-state index is 5.58. The molecule has 1 atom stereocenters. The molecule has 21 heavy (non-hydrogen) atoms. The maximum absolute atomic E-state index is 5.58. The molecule has 3 rings (SSSR count). The second-order valence-corrected chi connectivity index (χ2v) is 6.46. The lowest BCUT2D eigenvalue weighted by Crippen LogP contribution is -2.40. The number of benzene rings is 1. The summed E-state index contributed by atoms with van der Waals surface area (Å²) >= 11 is 7.43. The Morgan fingerprint density at radius 2 is 2.10 bits per heavy atom. The van der Waals surface area contributed by atoms with Crippen molar-refractivity contribution in [2.75, 3.05) is 19.0 Å². The van der Waals surface area contributed by atoms with Gasteiger partial charge in [0.05, 0.1) is 13.2 Å². The van der Waals surface area contributed by atoms with E-state index >= 15 is 0 Å². The fourth-order valence-electron chi connectivity index (χ4n) is 2.66. The molecule has 1 aromatic carbocycles. The molecule has 110 valence electrons. The van der Waals surface area contributed by atoms with Gasteiger partial charge in [-0.15, -0.1) is 11.3 Å². The molecular formula is C16H18N2OS2. The van der Waals surface area contributed by atoms with E-state index in [1.807, 2.05) is 35.6 Å². The van der Waals surface area contributed by atoms with Crippen LogP contribution < -0.4 is 10.1 Å². The predicted molar refractivity (Wildman–Crippen MR) is 92.4 cm³/mol. The normalized spacial score (nSPS) is 17.2. The number of anilines is 1. The van der Waals surface area contributed by atoms with Crippen molar-refractivity contribution in [1.29, 1.82) is 0 Å². The molecular weight excluding hydrogens is 300 g/mol. The van der Waals surface area contributed by atoms with Gasteiger partial charge in [0.1, 0.15) is 5.75 Å². The van der Waals surface area contributed by atoms with Gasteiger partial charge in [-0.3, -0.25) is 0 Å². The lowest BCUT2D eigenvalue weighted by Gasteiger charge is -2.35. The molecule has 2 heterocycles. The monoisotopic (exact) mass is 318 g/mol. The van der Waals surface area contributed by atoms with Gasteiger partial charge in [0.15, 0.2) is 5.11 Å². The second kappa shape index (κ2) is 6.03. The molecule has 1 aromatic heterocycles. The summed E-state index contributed by atoms with van der Waals surface area (Å²) in [6, 6.07) is 10.4. The van der Waals surface area contributed by atoms with E-state index in [0.717, 1.165) is 29.5 Å². The van der Waals surface area contributed by atoms with E-state index in [-0.39, 0.29) is 0 Å². The number of nitrogens with zero attached hydrogens (tertiary/aromatic N) is 1. The van der Waals surface area contributed by atoms with Gasteiger partial charge in [-0.1, -0.05) is 0 Å². The average molecular weight is 318 g/mol. The first kappa shape index (κ1) is 14.4. The van der Waals surface area contributed by atoms with Crippen LogP contribution in [0.25, 0.3) is 0 Å². The number of nitrogens with one attached hydrogen (secondary N) is 1. The fraction of sp³-hybridized carbons (Fsp3) is 0.312. The molecule has 0 fully saturated rings. The number of methoxy groups -OCH3 is 1. The van der Waals surface area contributed by atoms with E-state index in [4.69, 9.17) is 17.0 Å². The smallest absolute Gasteiger partial charge is 0.173 e. The van der Waals surface area contributed by atoms with E-state index in [0.29, 0.717) is 6.04 Å². The molecule has 2 aromatic rings. The quantitative estimate of drug-likeness (QED) is 0.844. The molecule has 0 spiro atoms. The zero-order valence-electron chi connectivity index (χ0n) is 12.1. The van der Waals surface area contributed by atoms with Crippen LogP contribution in [-0.2, 0) is 6.42 Å². The lowest BCUT2D eigenvalue weighted by atomic mass is 10.0. The van der Waals surface area contributed by atoms with Crippen molar-refractivity contribution in [2.24, 2.45) is 0 Å². The number of fused-ring (bicyclic) bond motifs is 1. The maximum Gasteiger partial charge on any atom is 0.173 e. The first-order valence-corrected chi connectivity index (χ1v) is 8.26. The fourth-order valence-corrected chi connectivity index (χ4v) is 3.99. The highest BCUT2D eigenvalue weighted by Gasteiger charge is 2.26. The topological polar surface area (TPSA) is 24.5 Å². The van der Waals surface area contributed by atoms with Crippen molar-refractivity contribution in [3.8, 4) is 5.75 Å². The zero-order valence-corrected chi connectivity index (χ0v) is 13.8. The minimum absolute atomic E-state index is 0.332. The first-order valence-electron chi connectivity index (χ1n) is 6.97. The SMILES string of the molecule is COc1ccc(NC(=S)N2CCc3sccc3[C@@H]2C)cc1. The largest absolute Gasteiger partial charge is 0.497 e. The molecule has 5 heteroatoms. The van der Waals surface area contributed by atoms with E-state index < -0.39 is 0 Å². The summed E-state index contributed by atoms with van der Waals surface area (Å²) in [5.74, 6) is 0.848. The highest BCUT2D eigenvalue weighted by Crippen LogP contribution is 2.33. The van der Waals surface area contributed by atoms with Crippen LogP contribution >= 0.6 is 23.6 Å². The Labute approximate surface area is 134 Å². The molecule has 0 saturated carbocycles. The van der Waals surface area contributed by atoms with Crippen molar-refractivity contribution >= 4 is 34.4 Å². The van der Waals surface area contributed by atoms with Gasteiger partial charge in [0.2, 0.25) is 0 Å². The van der Waals surface area contributed by atoms with Gasteiger partial charge >= 0.3 is 0 Å². The number of hydrogen-bond donors (Lipinski definition) is 1. The van der Waals surface area contributed by atoms with E-state index in [2.05, 4.69) is 28.6 Å². The van der Waals surface area contributed by atoms with Crippen molar-refractivity contribution in [3.63, 3.8) is 0 Å². The third-order valence-corrected chi connectivity index (χ3v) is 5.21.